The largest absolute Gasteiger partial charge is 0.496 e. The number of aliphatic carboxylic acids is 6. The maximum absolute atomic E-state index is 10.6. The van der Waals surface area contributed by atoms with Crippen LogP contribution in [0.5, 0.6) is 5.75 Å². The van der Waals surface area contributed by atoms with Crippen molar-refractivity contribution in [1.82, 2.24) is 0 Å². The number of hydrogen-bond donors (Lipinski definition) is 6. The fourth-order valence-electron chi connectivity index (χ4n) is 16.1. The lowest BCUT2D eigenvalue weighted by molar-refractivity contribution is -0.132. The summed E-state index contributed by atoms with van der Waals surface area (Å²) in [6, 6.07) is 2.06. The lowest BCUT2D eigenvalue weighted by atomic mass is 9.72. The van der Waals surface area contributed by atoms with E-state index >= 15 is 0 Å². The van der Waals surface area contributed by atoms with Crippen LogP contribution < -0.4 is 4.74 Å². The maximum atomic E-state index is 10.6. The maximum Gasteiger partial charge on any atom is 0.328 e. The topological polar surface area (TPSA) is 233 Å². The van der Waals surface area contributed by atoms with Crippen LogP contribution in [0.2, 0.25) is 0 Å². The Hall–Kier alpha value is -10.9. The average Bonchev–Trinajstić information content (AvgIpc) is 0.868. The van der Waals surface area contributed by atoms with Gasteiger partial charge in [-0.3, -0.25) is 0 Å². The molecule has 686 valence electrons. The second-order valence-corrected chi connectivity index (χ2v) is 37.5. The highest BCUT2D eigenvalue weighted by Gasteiger charge is 2.31. The summed E-state index contributed by atoms with van der Waals surface area (Å²) in [5.41, 5.74) is 29.8. The third-order valence-electron chi connectivity index (χ3n) is 23.3. The molecule has 0 heterocycles. The molecule has 126 heavy (non-hydrogen) atoms. The van der Waals surface area contributed by atoms with Crippen LogP contribution in [0.15, 0.2) is 306 Å². The number of hydrogen-bond acceptors (Lipinski definition) is 7. The highest BCUT2D eigenvalue weighted by atomic mass is 16.5. The molecule has 0 spiro atoms. The minimum absolute atomic E-state index is 0.211. The first-order chi connectivity index (χ1) is 58.6. The standard InChI is InChI=1S/C21H26O3.3C20H28O2.C17H24O2.C15H22O2/c1-14(8-7-9-15(2)12-21(22)23)10-11-19-16(3)13-20(24-6)18(5)17(19)4;3*1-15(8-6-9-16(2)14-19(21)22)11-12-18-17(3)10-7-13-20(18,4)5;1-13(7-5-9-16(18)19)10-11-15-14(2)8-6-12-17(15,3)4;1-11(10-14(16)17)7-8-13-12(2)6-5-9-15(13,3)4/h7-13H,1-6H3,(H,22,23);3*6,8-9,11-12,14H,7,10,13H2,1-5H3,(H,21,22);5,7,9-11H,6,8,12H2,1-4H3,(H,18,19);7-8,10H,5-6,9H2,1-4H3,(H,16,17)/b9-7+,11-10+,14-8+,15-12+;9-6+,12-11+,15-8+,16-14+;9-6+,12-11+,15-8+,16-14-;9-6+,12-11+,15-8-,16-14+;9-5+,11-10+,13-7+;8-7+,11-10+. The Morgan fingerprint density at radius 2 is 0.476 bits per heavy atom. The van der Waals surface area contributed by atoms with Gasteiger partial charge >= 0.3 is 35.8 Å². The Labute approximate surface area is 759 Å². The molecule has 1 aromatic rings. The van der Waals surface area contributed by atoms with E-state index in [0.717, 1.165) is 74.0 Å². The molecule has 0 saturated heterocycles. The summed E-state index contributed by atoms with van der Waals surface area (Å²) in [7, 11) is 1.69. The molecule has 1 aromatic carbocycles. The molecular formula is C113H156O13. The number of methoxy groups -OCH3 is 1. The zero-order chi connectivity index (χ0) is 96.0. The highest BCUT2D eigenvalue weighted by Crippen LogP contribution is 2.45. The molecule has 0 saturated carbocycles. The van der Waals surface area contributed by atoms with Crippen molar-refractivity contribution in [2.24, 2.45) is 27.1 Å². The van der Waals surface area contributed by atoms with E-state index < -0.39 is 35.8 Å². The lowest BCUT2D eigenvalue weighted by Gasteiger charge is -2.33. The first-order valence-electron chi connectivity index (χ1n) is 44.4. The molecule has 5 aliphatic carbocycles. The minimum atomic E-state index is -0.932. The van der Waals surface area contributed by atoms with Gasteiger partial charge in [0.2, 0.25) is 0 Å². The molecule has 0 fully saturated rings. The lowest BCUT2D eigenvalue weighted by Crippen LogP contribution is -2.19. The molecule has 13 nitrogen and oxygen atoms in total. The smallest absolute Gasteiger partial charge is 0.328 e. The van der Waals surface area contributed by atoms with Gasteiger partial charge in [-0.25, -0.2) is 28.8 Å². The van der Waals surface area contributed by atoms with Gasteiger partial charge in [0.1, 0.15) is 5.75 Å². The van der Waals surface area contributed by atoms with Gasteiger partial charge in [0.25, 0.3) is 0 Å². The van der Waals surface area contributed by atoms with E-state index in [-0.39, 0.29) is 27.1 Å². The summed E-state index contributed by atoms with van der Waals surface area (Å²) in [6.07, 6.45) is 77.3. The van der Waals surface area contributed by atoms with Crippen LogP contribution in [0, 0.1) is 47.8 Å². The van der Waals surface area contributed by atoms with Crippen molar-refractivity contribution in [3.63, 3.8) is 0 Å². The van der Waals surface area contributed by atoms with E-state index in [0.29, 0.717) is 5.57 Å². The first-order valence-corrected chi connectivity index (χ1v) is 44.4. The molecule has 5 aliphatic rings. The van der Waals surface area contributed by atoms with E-state index in [1.54, 1.807) is 65.2 Å². The Balaban J connectivity index is 0.000000758. The van der Waals surface area contributed by atoms with Crippen molar-refractivity contribution in [3.8, 4) is 5.75 Å². The van der Waals surface area contributed by atoms with Gasteiger partial charge in [0, 0.05) is 36.5 Å². The van der Waals surface area contributed by atoms with Crippen LogP contribution in [-0.2, 0) is 28.8 Å². The fraction of sp³-hybridized carbons (Fsp3) is 0.434. The van der Waals surface area contributed by atoms with Gasteiger partial charge in [0.15, 0.2) is 0 Å². The zero-order valence-electron chi connectivity index (χ0n) is 82.2. The third kappa shape index (κ3) is 45.8. The molecule has 0 radical (unpaired) electrons. The Morgan fingerprint density at radius 1 is 0.278 bits per heavy atom. The minimum Gasteiger partial charge on any atom is -0.496 e. The molecule has 6 N–H and O–H groups in total. The van der Waals surface area contributed by atoms with E-state index in [1.165, 1.54) is 193 Å². The van der Waals surface area contributed by atoms with Crippen molar-refractivity contribution >= 4 is 41.9 Å². The van der Waals surface area contributed by atoms with Crippen LogP contribution >= 0.6 is 0 Å². The Morgan fingerprint density at radius 3 is 0.675 bits per heavy atom. The predicted octanol–water partition coefficient (Wildman–Crippen LogP) is 30.7. The van der Waals surface area contributed by atoms with Crippen LogP contribution in [0.25, 0.3) is 6.08 Å². The fourth-order valence-corrected chi connectivity index (χ4v) is 16.1. The number of carbonyl (C=O) groups is 6. The Bertz CT molecular complexity index is 4590. The Kier molecular flexibility index (Phi) is 50.5. The van der Waals surface area contributed by atoms with E-state index in [1.807, 2.05) is 81.5 Å². The first kappa shape index (κ1) is 113. The van der Waals surface area contributed by atoms with E-state index in [4.69, 9.17) is 35.4 Å². The molecule has 0 aliphatic heterocycles. The number of aryl methyl sites for hydroxylation is 1. The van der Waals surface area contributed by atoms with E-state index in [2.05, 4.69) is 218 Å². The van der Waals surface area contributed by atoms with Crippen molar-refractivity contribution in [1.29, 1.82) is 0 Å². The van der Waals surface area contributed by atoms with Gasteiger partial charge in [0.05, 0.1) is 7.11 Å². The molecule has 0 amide bonds. The van der Waals surface area contributed by atoms with Crippen LogP contribution in [-0.4, -0.2) is 73.6 Å². The summed E-state index contributed by atoms with van der Waals surface area (Å²) in [4.78, 5) is 63.1. The quantitative estimate of drug-likeness (QED) is 0.0339. The zero-order valence-corrected chi connectivity index (χ0v) is 82.2. The van der Waals surface area contributed by atoms with Gasteiger partial charge < -0.3 is 35.4 Å². The van der Waals surface area contributed by atoms with Crippen molar-refractivity contribution < 1.29 is 64.1 Å². The number of carboxylic acid groups (broad SMARTS) is 6. The number of rotatable bonds is 28. The number of ether oxygens (including phenoxy) is 1. The second kappa shape index (κ2) is 56.2. The summed E-state index contributed by atoms with van der Waals surface area (Å²) in [5.74, 6) is -4.56. The summed E-state index contributed by atoms with van der Waals surface area (Å²) >= 11 is 0. The summed E-state index contributed by atoms with van der Waals surface area (Å²) in [6.45, 7) is 59.4. The van der Waals surface area contributed by atoms with Crippen LogP contribution in [0.3, 0.4) is 0 Å². The van der Waals surface area contributed by atoms with Gasteiger partial charge in [-0.1, -0.05) is 283 Å². The van der Waals surface area contributed by atoms with Crippen LogP contribution in [0.1, 0.15) is 292 Å². The third-order valence-corrected chi connectivity index (χ3v) is 23.3. The number of benzene rings is 1. The normalized spacial score (nSPS) is 19.0. The summed E-state index contributed by atoms with van der Waals surface area (Å²) < 4.78 is 5.40. The molecule has 13 heteroatoms. The summed E-state index contributed by atoms with van der Waals surface area (Å²) in [5, 5.41) is 51.8. The van der Waals surface area contributed by atoms with Gasteiger partial charge in [-0.05, 0) is 332 Å². The van der Waals surface area contributed by atoms with Crippen molar-refractivity contribution in [3.05, 3.63) is 328 Å². The van der Waals surface area contributed by atoms with Crippen molar-refractivity contribution in [2.45, 2.75) is 290 Å². The number of allylic oxidation sites excluding steroid dienone is 45. The molecule has 6 rings (SSSR count). The van der Waals surface area contributed by atoms with Gasteiger partial charge in [-0.2, -0.15) is 0 Å². The van der Waals surface area contributed by atoms with Gasteiger partial charge in [-0.15, -0.1) is 0 Å². The molecular weight excluding hydrogens is 1570 g/mol. The highest BCUT2D eigenvalue weighted by molar-refractivity contribution is 5.83. The predicted molar refractivity (Wildman–Crippen MR) is 533 cm³/mol. The molecule has 0 bridgehead atoms. The number of carboxylic acids is 6. The average molecular weight is 1720 g/mol. The molecule has 0 atom stereocenters. The van der Waals surface area contributed by atoms with Crippen LogP contribution in [0.4, 0.5) is 0 Å². The SMILES string of the molecule is CC1=C(/C=C/C(C)=C/C(=O)O)C(C)(C)CCC1.CC1=C(/C=C/C(C)=C/C=C/C(=O)O)C(C)(C)CCC1.CC1=C(/C=C/C(C)=C/C=C/C(C)=C/C(=O)O)C(C)(C)CCC1.CC1=C(/C=C/C(C)=C/C=C/C(C)=C\C(=O)O)C(C)(C)CCC1.CC1=C(/C=C/C(C)=C\C=C\C(C)=C\C(=O)O)C(C)(C)CCC1.COc1cc(C)c(/C=C/C(C)=C/C=C/C(C)=C/C(=O)O)c(C)c1C. The van der Waals surface area contributed by atoms with Crippen molar-refractivity contribution in [2.75, 3.05) is 7.11 Å². The molecule has 0 aromatic heterocycles. The van der Waals surface area contributed by atoms with E-state index in [9.17, 15) is 28.8 Å². The monoisotopic (exact) mass is 1720 g/mol. The second-order valence-electron chi connectivity index (χ2n) is 37.5. The molecule has 0 unspecified atom stereocenters.